The summed E-state index contributed by atoms with van der Waals surface area (Å²) in [6, 6.07) is 4.47. The van der Waals surface area contributed by atoms with Gasteiger partial charge in [0.1, 0.15) is 11.6 Å². The molecular weight excluding hydrogens is 288 g/mol. The van der Waals surface area contributed by atoms with Crippen LogP contribution in [-0.2, 0) is 0 Å². The molecule has 0 fully saturated rings. The van der Waals surface area contributed by atoms with Gasteiger partial charge in [-0.25, -0.2) is 8.78 Å². The summed E-state index contributed by atoms with van der Waals surface area (Å²) in [7, 11) is 0. The Morgan fingerprint density at radius 2 is 1.86 bits per heavy atom. The minimum absolute atomic E-state index is 0.133. The molecule has 0 aliphatic rings. The van der Waals surface area contributed by atoms with E-state index < -0.39 is 17.7 Å². The van der Waals surface area contributed by atoms with Crippen molar-refractivity contribution in [1.29, 1.82) is 0 Å². The smallest absolute Gasteiger partial charge is 0.134 e. The molecule has 1 heterocycles. The highest BCUT2D eigenvalue weighted by atomic mass is 32.1. The largest absolute Gasteiger partial charge is 0.305 e. The molecule has 0 aliphatic heterocycles. The van der Waals surface area contributed by atoms with Gasteiger partial charge < -0.3 is 5.32 Å². The number of nitrogens with one attached hydrogen (secondary N) is 1. The average molecular weight is 309 g/mol. The molecule has 1 atom stereocenters. The van der Waals surface area contributed by atoms with Crippen molar-refractivity contribution in [3.05, 3.63) is 56.3 Å². The highest BCUT2D eigenvalue weighted by Crippen LogP contribution is 2.35. The molecule has 0 saturated carbocycles. The van der Waals surface area contributed by atoms with Crippen LogP contribution in [0.5, 0.6) is 0 Å². The summed E-state index contributed by atoms with van der Waals surface area (Å²) >= 11 is 1.60. The van der Waals surface area contributed by atoms with Gasteiger partial charge in [-0.3, -0.25) is 0 Å². The fourth-order valence-corrected chi connectivity index (χ4v) is 3.63. The molecule has 2 rings (SSSR count). The molecule has 4 heteroatoms. The Morgan fingerprint density at radius 3 is 2.43 bits per heavy atom. The molecule has 2 aromatic rings. The SMILES string of the molecule is CCCNC(c1sc(C)cc1C)c1c(F)ccc(C)c1F. The molecule has 1 nitrogen and oxygen atoms in total. The lowest BCUT2D eigenvalue weighted by molar-refractivity contribution is 0.502. The minimum Gasteiger partial charge on any atom is -0.305 e. The summed E-state index contributed by atoms with van der Waals surface area (Å²) in [4.78, 5) is 2.14. The van der Waals surface area contributed by atoms with Crippen LogP contribution in [0.2, 0.25) is 0 Å². The summed E-state index contributed by atoms with van der Waals surface area (Å²) in [5.74, 6) is -0.939. The number of aryl methyl sites for hydroxylation is 3. The molecule has 0 amide bonds. The van der Waals surface area contributed by atoms with Crippen LogP contribution in [0.4, 0.5) is 8.78 Å². The Bertz CT molecular complexity index is 634. The molecule has 1 unspecified atom stereocenters. The van der Waals surface area contributed by atoms with E-state index in [0.717, 1.165) is 21.7 Å². The Labute approximate surface area is 129 Å². The van der Waals surface area contributed by atoms with Crippen molar-refractivity contribution in [2.75, 3.05) is 6.54 Å². The standard InChI is InChI=1S/C17H21F2NS/c1-5-8-20-16(17-11(3)9-12(4)21-17)14-13(18)7-6-10(2)15(14)19/h6-7,9,16,20H,5,8H2,1-4H3. The van der Waals surface area contributed by atoms with Crippen molar-refractivity contribution >= 4 is 11.3 Å². The van der Waals surface area contributed by atoms with Gasteiger partial charge in [0, 0.05) is 15.3 Å². The van der Waals surface area contributed by atoms with E-state index >= 15 is 0 Å². The van der Waals surface area contributed by atoms with Gasteiger partial charge in [-0.05, 0) is 57.0 Å². The second-order valence-electron chi connectivity index (χ2n) is 5.38. The topological polar surface area (TPSA) is 12.0 Å². The average Bonchev–Trinajstić information content (AvgIpc) is 2.77. The zero-order valence-corrected chi connectivity index (χ0v) is 13.7. The van der Waals surface area contributed by atoms with Gasteiger partial charge in [-0.1, -0.05) is 13.0 Å². The minimum atomic E-state index is -0.489. The molecule has 0 bridgehead atoms. The van der Waals surface area contributed by atoms with E-state index in [9.17, 15) is 8.78 Å². The Morgan fingerprint density at radius 1 is 1.14 bits per heavy atom. The zero-order chi connectivity index (χ0) is 15.6. The van der Waals surface area contributed by atoms with Gasteiger partial charge in [0.15, 0.2) is 0 Å². The molecule has 114 valence electrons. The normalized spacial score (nSPS) is 12.7. The van der Waals surface area contributed by atoms with Gasteiger partial charge >= 0.3 is 0 Å². The summed E-state index contributed by atoms with van der Waals surface area (Å²) in [5, 5.41) is 3.30. The summed E-state index contributed by atoms with van der Waals surface area (Å²) in [6.07, 6.45) is 0.912. The van der Waals surface area contributed by atoms with Crippen LogP contribution < -0.4 is 5.32 Å². The first kappa shape index (κ1) is 16.1. The summed E-state index contributed by atoms with van der Waals surface area (Å²) in [5.41, 5.74) is 1.68. The van der Waals surface area contributed by atoms with Gasteiger partial charge in [0.2, 0.25) is 0 Å². The first-order chi connectivity index (χ1) is 9.95. The third-order valence-electron chi connectivity index (χ3n) is 3.55. The summed E-state index contributed by atoms with van der Waals surface area (Å²) < 4.78 is 28.7. The molecule has 0 saturated heterocycles. The first-order valence-electron chi connectivity index (χ1n) is 7.20. The Kier molecular flexibility index (Phi) is 5.12. The molecular formula is C17H21F2NS. The second kappa shape index (κ2) is 6.67. The Balaban J connectivity index is 2.56. The number of benzene rings is 1. The maximum atomic E-state index is 14.5. The zero-order valence-electron chi connectivity index (χ0n) is 12.9. The highest BCUT2D eigenvalue weighted by molar-refractivity contribution is 7.12. The van der Waals surface area contributed by atoms with Crippen LogP contribution in [0.15, 0.2) is 18.2 Å². The highest BCUT2D eigenvalue weighted by Gasteiger charge is 2.25. The van der Waals surface area contributed by atoms with E-state index in [1.807, 2.05) is 20.8 Å². The molecule has 1 N–H and O–H groups in total. The fraction of sp³-hybridized carbons (Fsp3) is 0.412. The number of thiophene rings is 1. The predicted molar refractivity (Wildman–Crippen MR) is 85.0 cm³/mol. The lowest BCUT2D eigenvalue weighted by Crippen LogP contribution is -2.25. The number of rotatable bonds is 5. The number of hydrogen-bond acceptors (Lipinski definition) is 2. The van der Waals surface area contributed by atoms with E-state index in [2.05, 4.69) is 11.4 Å². The lowest BCUT2D eigenvalue weighted by atomic mass is 9.99. The van der Waals surface area contributed by atoms with E-state index in [0.29, 0.717) is 12.1 Å². The van der Waals surface area contributed by atoms with E-state index in [-0.39, 0.29) is 5.56 Å². The quantitative estimate of drug-likeness (QED) is 0.816. The van der Waals surface area contributed by atoms with Gasteiger partial charge in [-0.15, -0.1) is 11.3 Å². The fourth-order valence-electron chi connectivity index (χ4n) is 2.50. The van der Waals surface area contributed by atoms with Crippen LogP contribution in [0, 0.1) is 32.4 Å². The maximum absolute atomic E-state index is 14.5. The van der Waals surface area contributed by atoms with E-state index in [1.165, 1.54) is 12.1 Å². The van der Waals surface area contributed by atoms with E-state index in [4.69, 9.17) is 0 Å². The third kappa shape index (κ3) is 3.33. The molecule has 0 spiro atoms. The van der Waals surface area contributed by atoms with Gasteiger partial charge in [0.05, 0.1) is 6.04 Å². The van der Waals surface area contributed by atoms with Crippen LogP contribution in [-0.4, -0.2) is 6.54 Å². The first-order valence-corrected chi connectivity index (χ1v) is 8.02. The van der Waals surface area contributed by atoms with Crippen molar-refractivity contribution in [2.24, 2.45) is 0 Å². The third-order valence-corrected chi connectivity index (χ3v) is 4.77. The van der Waals surface area contributed by atoms with Gasteiger partial charge in [-0.2, -0.15) is 0 Å². The second-order valence-corrected chi connectivity index (χ2v) is 6.67. The molecule has 21 heavy (non-hydrogen) atoms. The maximum Gasteiger partial charge on any atom is 0.134 e. The predicted octanol–water partition coefficient (Wildman–Crippen LogP) is 5.04. The van der Waals surface area contributed by atoms with Crippen molar-refractivity contribution in [3.8, 4) is 0 Å². The van der Waals surface area contributed by atoms with Crippen molar-refractivity contribution in [3.63, 3.8) is 0 Å². The van der Waals surface area contributed by atoms with Crippen molar-refractivity contribution in [1.82, 2.24) is 5.32 Å². The van der Waals surface area contributed by atoms with Crippen LogP contribution in [0.25, 0.3) is 0 Å². The monoisotopic (exact) mass is 309 g/mol. The number of halogens is 2. The van der Waals surface area contributed by atoms with Crippen LogP contribution in [0.1, 0.15) is 45.8 Å². The number of hydrogen-bond donors (Lipinski definition) is 1. The molecule has 0 radical (unpaired) electrons. The Hall–Kier alpha value is -1.26. The van der Waals surface area contributed by atoms with Crippen LogP contribution in [0.3, 0.4) is 0 Å². The molecule has 1 aromatic heterocycles. The lowest BCUT2D eigenvalue weighted by Gasteiger charge is -2.21. The van der Waals surface area contributed by atoms with Crippen molar-refractivity contribution in [2.45, 2.75) is 40.2 Å². The van der Waals surface area contributed by atoms with Gasteiger partial charge in [0.25, 0.3) is 0 Å². The van der Waals surface area contributed by atoms with Crippen molar-refractivity contribution < 1.29 is 8.78 Å². The van der Waals surface area contributed by atoms with E-state index in [1.54, 1.807) is 18.3 Å². The molecule has 1 aromatic carbocycles. The van der Waals surface area contributed by atoms with Crippen LogP contribution >= 0.6 is 11.3 Å². The summed E-state index contributed by atoms with van der Waals surface area (Å²) in [6.45, 7) is 8.43. The molecule has 0 aliphatic carbocycles.